The van der Waals surface area contributed by atoms with E-state index < -0.39 is 35.3 Å². The number of anilines is 1. The number of benzene rings is 1. The molecule has 0 unspecified atom stereocenters. The summed E-state index contributed by atoms with van der Waals surface area (Å²) in [6, 6.07) is 2.66. The molecule has 0 aliphatic carbocycles. The highest BCUT2D eigenvalue weighted by Crippen LogP contribution is 2.16. The highest BCUT2D eigenvalue weighted by atomic mass is 16.6. The van der Waals surface area contributed by atoms with E-state index in [1.165, 1.54) is 18.2 Å². The number of non-ortho nitro benzene ring substituents is 1. The maximum absolute atomic E-state index is 11.6. The van der Waals surface area contributed by atoms with Crippen LogP contribution in [0.1, 0.15) is 6.42 Å². The van der Waals surface area contributed by atoms with E-state index in [1.54, 1.807) is 0 Å². The van der Waals surface area contributed by atoms with E-state index in [9.17, 15) is 24.5 Å². The first-order valence-electron chi connectivity index (χ1n) is 5.62. The van der Waals surface area contributed by atoms with Gasteiger partial charge in [0.1, 0.15) is 6.04 Å². The van der Waals surface area contributed by atoms with Gasteiger partial charge in [-0.2, -0.15) is 0 Å². The van der Waals surface area contributed by atoms with E-state index in [4.69, 9.17) is 10.8 Å². The van der Waals surface area contributed by atoms with Crippen molar-refractivity contribution in [1.29, 1.82) is 0 Å². The Bertz CT molecular complexity index is 588. The van der Waals surface area contributed by atoms with Crippen LogP contribution >= 0.6 is 0 Å². The van der Waals surface area contributed by atoms with Gasteiger partial charge in [-0.1, -0.05) is 6.07 Å². The van der Waals surface area contributed by atoms with Crippen molar-refractivity contribution in [2.24, 2.45) is 5.73 Å². The number of nitro groups is 1. The third-order valence-corrected chi connectivity index (χ3v) is 2.32. The molecule has 112 valence electrons. The summed E-state index contributed by atoms with van der Waals surface area (Å²) >= 11 is 0. The van der Waals surface area contributed by atoms with Gasteiger partial charge in [0.25, 0.3) is 5.69 Å². The fourth-order valence-electron chi connectivity index (χ4n) is 1.42. The molecule has 0 aliphatic heterocycles. The molecule has 0 aliphatic rings. The van der Waals surface area contributed by atoms with E-state index >= 15 is 0 Å². The van der Waals surface area contributed by atoms with Crippen LogP contribution in [0, 0.1) is 10.1 Å². The maximum Gasteiger partial charge on any atom is 0.326 e. The van der Waals surface area contributed by atoms with E-state index in [-0.39, 0.29) is 11.4 Å². The van der Waals surface area contributed by atoms with Crippen molar-refractivity contribution >= 4 is 29.3 Å². The molecule has 0 saturated heterocycles. The quantitative estimate of drug-likeness (QED) is 0.427. The van der Waals surface area contributed by atoms with Crippen LogP contribution in [0.15, 0.2) is 24.3 Å². The fraction of sp³-hybridized carbons (Fsp3) is 0.182. The molecule has 0 bridgehead atoms. The SMILES string of the molecule is NC(=O)C[C@H](NC(=O)Nc1cccc([N+](=O)[O-])c1)C(=O)O. The molecule has 21 heavy (non-hydrogen) atoms. The first kappa shape index (κ1) is 15.9. The van der Waals surface area contributed by atoms with Gasteiger partial charge in [-0.05, 0) is 6.07 Å². The van der Waals surface area contributed by atoms with Crippen LogP contribution in [0.2, 0.25) is 0 Å². The minimum Gasteiger partial charge on any atom is -0.480 e. The Morgan fingerprint density at radius 3 is 2.57 bits per heavy atom. The predicted molar refractivity (Wildman–Crippen MR) is 70.5 cm³/mol. The third kappa shape index (κ3) is 5.14. The lowest BCUT2D eigenvalue weighted by atomic mass is 10.2. The van der Waals surface area contributed by atoms with E-state index in [0.29, 0.717) is 0 Å². The summed E-state index contributed by atoms with van der Waals surface area (Å²) in [7, 11) is 0. The average Bonchev–Trinajstić information content (AvgIpc) is 2.37. The third-order valence-electron chi connectivity index (χ3n) is 2.32. The van der Waals surface area contributed by atoms with E-state index in [0.717, 1.165) is 6.07 Å². The summed E-state index contributed by atoms with van der Waals surface area (Å²) in [6.45, 7) is 0. The van der Waals surface area contributed by atoms with Gasteiger partial charge < -0.3 is 21.5 Å². The first-order chi connectivity index (χ1) is 9.79. The van der Waals surface area contributed by atoms with Crippen molar-refractivity contribution < 1.29 is 24.4 Å². The number of nitrogens with zero attached hydrogens (tertiary/aromatic N) is 1. The Balaban J connectivity index is 2.72. The molecule has 0 heterocycles. The number of nitrogens with two attached hydrogens (primary N) is 1. The molecule has 3 amide bonds. The van der Waals surface area contributed by atoms with Crippen LogP contribution in [0.5, 0.6) is 0 Å². The van der Waals surface area contributed by atoms with Gasteiger partial charge in [-0.15, -0.1) is 0 Å². The maximum atomic E-state index is 11.6. The van der Waals surface area contributed by atoms with Crippen molar-refractivity contribution in [1.82, 2.24) is 5.32 Å². The number of carboxylic acid groups (broad SMARTS) is 1. The second-order valence-electron chi connectivity index (χ2n) is 3.97. The molecule has 0 spiro atoms. The topological polar surface area (TPSA) is 165 Å². The standard InChI is InChI=1S/C11H12N4O6/c12-9(16)5-8(10(17)18)14-11(19)13-6-2-1-3-7(4-6)15(20)21/h1-4,8H,5H2,(H2,12,16)(H,17,18)(H2,13,14,19)/t8-/m0/s1. The number of hydrogen-bond donors (Lipinski definition) is 4. The molecular weight excluding hydrogens is 284 g/mol. The van der Waals surface area contributed by atoms with Crippen molar-refractivity contribution in [2.75, 3.05) is 5.32 Å². The van der Waals surface area contributed by atoms with Gasteiger partial charge in [0.05, 0.1) is 11.3 Å². The lowest BCUT2D eigenvalue weighted by Gasteiger charge is -2.13. The molecule has 1 atom stereocenters. The van der Waals surface area contributed by atoms with Gasteiger partial charge in [-0.25, -0.2) is 9.59 Å². The summed E-state index contributed by atoms with van der Waals surface area (Å²) in [5, 5.41) is 23.6. The largest absolute Gasteiger partial charge is 0.480 e. The lowest BCUT2D eigenvalue weighted by molar-refractivity contribution is -0.384. The first-order valence-corrected chi connectivity index (χ1v) is 5.62. The van der Waals surface area contributed by atoms with E-state index in [1.807, 2.05) is 5.32 Å². The van der Waals surface area contributed by atoms with Crippen LogP contribution in [0.3, 0.4) is 0 Å². The highest BCUT2D eigenvalue weighted by molar-refractivity contribution is 5.94. The number of carboxylic acids is 1. The van der Waals surface area contributed by atoms with Crippen LogP contribution < -0.4 is 16.4 Å². The van der Waals surface area contributed by atoms with Gasteiger partial charge in [0, 0.05) is 17.8 Å². The fourth-order valence-corrected chi connectivity index (χ4v) is 1.42. The molecule has 1 rings (SSSR count). The number of rotatable bonds is 6. The monoisotopic (exact) mass is 296 g/mol. The van der Waals surface area contributed by atoms with Crippen LogP contribution in [-0.4, -0.2) is 34.0 Å². The average molecular weight is 296 g/mol. The number of urea groups is 1. The number of carbonyl (C=O) groups is 3. The molecule has 1 aromatic carbocycles. The summed E-state index contributed by atoms with van der Waals surface area (Å²) in [6.07, 6.45) is -0.572. The Hall–Kier alpha value is -3.17. The number of nitrogens with one attached hydrogen (secondary N) is 2. The second kappa shape index (κ2) is 6.84. The molecule has 0 fully saturated rings. The minimum absolute atomic E-state index is 0.102. The Morgan fingerprint density at radius 2 is 2.05 bits per heavy atom. The summed E-state index contributed by atoms with van der Waals surface area (Å²) in [5.74, 6) is -2.32. The smallest absolute Gasteiger partial charge is 0.326 e. The Morgan fingerprint density at radius 1 is 1.38 bits per heavy atom. The molecule has 1 aromatic rings. The van der Waals surface area contributed by atoms with Crippen LogP contribution in [-0.2, 0) is 9.59 Å². The van der Waals surface area contributed by atoms with Crippen molar-refractivity contribution in [2.45, 2.75) is 12.5 Å². The van der Waals surface area contributed by atoms with Gasteiger partial charge in [0.2, 0.25) is 5.91 Å². The van der Waals surface area contributed by atoms with Crippen LogP contribution in [0.4, 0.5) is 16.2 Å². The lowest BCUT2D eigenvalue weighted by Crippen LogP contribution is -2.45. The highest BCUT2D eigenvalue weighted by Gasteiger charge is 2.22. The van der Waals surface area contributed by atoms with Crippen molar-refractivity contribution in [3.05, 3.63) is 34.4 Å². The van der Waals surface area contributed by atoms with Crippen LogP contribution in [0.25, 0.3) is 0 Å². The zero-order valence-electron chi connectivity index (χ0n) is 10.6. The summed E-state index contributed by atoms with van der Waals surface area (Å²) in [5.41, 5.74) is 4.73. The molecule has 5 N–H and O–H groups in total. The number of carbonyl (C=O) groups excluding carboxylic acids is 2. The molecule has 10 heteroatoms. The predicted octanol–water partition coefficient (Wildman–Crippen LogP) is 0.0449. The van der Waals surface area contributed by atoms with Crippen molar-refractivity contribution in [3.63, 3.8) is 0 Å². The summed E-state index contributed by atoms with van der Waals surface area (Å²) < 4.78 is 0. The molecular formula is C11H12N4O6. The molecule has 0 saturated carbocycles. The van der Waals surface area contributed by atoms with Crippen molar-refractivity contribution in [3.8, 4) is 0 Å². The van der Waals surface area contributed by atoms with Gasteiger partial charge in [-0.3, -0.25) is 14.9 Å². The number of amides is 3. The van der Waals surface area contributed by atoms with Gasteiger partial charge in [0.15, 0.2) is 0 Å². The number of primary amides is 1. The number of nitro benzene ring substituents is 1. The Kier molecular flexibility index (Phi) is 5.17. The van der Waals surface area contributed by atoms with Gasteiger partial charge >= 0.3 is 12.0 Å². The normalized spacial score (nSPS) is 11.2. The molecule has 0 aromatic heterocycles. The summed E-state index contributed by atoms with van der Waals surface area (Å²) in [4.78, 5) is 43.0. The molecule has 10 nitrogen and oxygen atoms in total. The molecule has 0 radical (unpaired) electrons. The zero-order valence-corrected chi connectivity index (χ0v) is 10.6. The Labute approximate surface area is 118 Å². The second-order valence-corrected chi connectivity index (χ2v) is 3.97. The van der Waals surface area contributed by atoms with E-state index in [2.05, 4.69) is 5.32 Å². The number of hydrogen-bond acceptors (Lipinski definition) is 5. The minimum atomic E-state index is -1.49. The number of aliphatic carboxylic acids is 1. The zero-order chi connectivity index (χ0) is 16.0.